The summed E-state index contributed by atoms with van der Waals surface area (Å²) in [4.78, 5) is 36.5. The quantitative estimate of drug-likeness (QED) is 0.529. The molecule has 2 amide bonds. The van der Waals surface area contributed by atoms with Crippen LogP contribution in [0.4, 0.5) is 11.4 Å². The summed E-state index contributed by atoms with van der Waals surface area (Å²) in [6, 6.07) is 11.0. The molecule has 1 N–H and O–H groups in total. The first-order chi connectivity index (χ1) is 12.8. The molecular weight excluding hydrogens is 418 g/mol. The van der Waals surface area contributed by atoms with Gasteiger partial charge in [0.25, 0.3) is 5.91 Å². The fraction of sp³-hybridized carbons (Fsp3) is 0.222. The standard InChI is InChI=1S/C18H18BrN3O5/c1-3-27-16-9-8-12(10-15(16)22(25)26)18(24)21(2)11-17(23)20-14-7-5-4-6-13(14)19/h4-10H,3,11H2,1-2H3,(H,20,23). The molecule has 0 aliphatic heterocycles. The van der Waals surface area contributed by atoms with Gasteiger partial charge in [-0.1, -0.05) is 12.1 Å². The van der Waals surface area contributed by atoms with E-state index in [2.05, 4.69) is 21.2 Å². The summed E-state index contributed by atoms with van der Waals surface area (Å²) in [7, 11) is 1.45. The lowest BCUT2D eigenvalue weighted by Gasteiger charge is -2.17. The first kappa shape index (κ1) is 20.4. The first-order valence-corrected chi connectivity index (χ1v) is 8.83. The van der Waals surface area contributed by atoms with Crippen LogP contribution in [0.2, 0.25) is 0 Å². The minimum Gasteiger partial charge on any atom is -0.487 e. The molecule has 0 atom stereocenters. The highest BCUT2D eigenvalue weighted by molar-refractivity contribution is 9.10. The Kier molecular flexibility index (Phi) is 6.89. The van der Waals surface area contributed by atoms with Crippen molar-refractivity contribution in [2.24, 2.45) is 0 Å². The van der Waals surface area contributed by atoms with Crippen LogP contribution in [0.5, 0.6) is 5.75 Å². The number of carbonyl (C=O) groups is 2. The zero-order valence-electron chi connectivity index (χ0n) is 14.8. The lowest BCUT2D eigenvalue weighted by molar-refractivity contribution is -0.385. The maximum Gasteiger partial charge on any atom is 0.311 e. The van der Waals surface area contributed by atoms with Gasteiger partial charge in [0.05, 0.1) is 23.8 Å². The van der Waals surface area contributed by atoms with Crippen LogP contribution >= 0.6 is 15.9 Å². The SMILES string of the molecule is CCOc1ccc(C(=O)N(C)CC(=O)Nc2ccccc2Br)cc1[N+](=O)[O-]. The lowest BCUT2D eigenvalue weighted by Crippen LogP contribution is -2.35. The molecule has 0 fully saturated rings. The molecule has 8 nitrogen and oxygen atoms in total. The first-order valence-electron chi connectivity index (χ1n) is 8.04. The molecule has 0 saturated carbocycles. The van der Waals surface area contributed by atoms with Crippen molar-refractivity contribution in [1.29, 1.82) is 0 Å². The largest absolute Gasteiger partial charge is 0.487 e. The molecule has 2 aromatic carbocycles. The fourth-order valence-electron chi connectivity index (χ4n) is 2.33. The molecule has 0 aliphatic carbocycles. The van der Waals surface area contributed by atoms with E-state index in [-0.39, 0.29) is 30.2 Å². The van der Waals surface area contributed by atoms with Crippen molar-refractivity contribution >= 4 is 39.1 Å². The topological polar surface area (TPSA) is 102 Å². The van der Waals surface area contributed by atoms with Crippen molar-refractivity contribution in [2.45, 2.75) is 6.92 Å². The van der Waals surface area contributed by atoms with Crippen molar-refractivity contribution < 1.29 is 19.2 Å². The van der Waals surface area contributed by atoms with Crippen LogP contribution in [-0.4, -0.2) is 41.8 Å². The van der Waals surface area contributed by atoms with Crippen molar-refractivity contribution in [3.8, 4) is 5.75 Å². The zero-order chi connectivity index (χ0) is 20.0. The number of nitrogens with zero attached hydrogens (tertiary/aromatic N) is 2. The summed E-state index contributed by atoms with van der Waals surface area (Å²) in [6.45, 7) is 1.77. The van der Waals surface area contributed by atoms with Crippen molar-refractivity contribution in [3.05, 3.63) is 62.6 Å². The van der Waals surface area contributed by atoms with Crippen LogP contribution in [0, 0.1) is 10.1 Å². The van der Waals surface area contributed by atoms with Gasteiger partial charge in [-0.2, -0.15) is 0 Å². The molecular formula is C18H18BrN3O5. The zero-order valence-corrected chi connectivity index (χ0v) is 16.4. The Labute approximate surface area is 164 Å². The van der Waals surface area contributed by atoms with Gasteiger partial charge in [0.1, 0.15) is 0 Å². The van der Waals surface area contributed by atoms with Gasteiger partial charge in [-0.25, -0.2) is 0 Å². The van der Waals surface area contributed by atoms with E-state index in [1.807, 2.05) is 6.07 Å². The molecule has 0 spiro atoms. The van der Waals surface area contributed by atoms with Gasteiger partial charge in [0.2, 0.25) is 5.91 Å². The van der Waals surface area contributed by atoms with Crippen LogP contribution in [0.3, 0.4) is 0 Å². The van der Waals surface area contributed by atoms with E-state index >= 15 is 0 Å². The van der Waals surface area contributed by atoms with Gasteiger partial charge in [0.15, 0.2) is 5.75 Å². The highest BCUT2D eigenvalue weighted by atomic mass is 79.9. The number of amides is 2. The molecule has 2 rings (SSSR count). The van der Waals surface area contributed by atoms with E-state index < -0.39 is 16.7 Å². The fourth-order valence-corrected chi connectivity index (χ4v) is 2.71. The lowest BCUT2D eigenvalue weighted by atomic mass is 10.1. The Morgan fingerprint density at radius 2 is 1.96 bits per heavy atom. The van der Waals surface area contributed by atoms with Crippen LogP contribution in [0.1, 0.15) is 17.3 Å². The minimum atomic E-state index is -0.610. The van der Waals surface area contributed by atoms with Crippen molar-refractivity contribution in [3.63, 3.8) is 0 Å². The van der Waals surface area contributed by atoms with Gasteiger partial charge < -0.3 is 15.0 Å². The van der Waals surface area contributed by atoms with Gasteiger partial charge in [-0.15, -0.1) is 0 Å². The second-order valence-corrected chi connectivity index (χ2v) is 6.42. The molecule has 0 aliphatic rings. The summed E-state index contributed by atoms with van der Waals surface area (Å²) < 4.78 is 5.92. The average Bonchev–Trinajstić information content (AvgIpc) is 2.63. The van der Waals surface area contributed by atoms with E-state index in [1.165, 1.54) is 24.1 Å². The number of hydrogen-bond acceptors (Lipinski definition) is 5. The number of hydrogen-bond donors (Lipinski definition) is 1. The third-order valence-corrected chi connectivity index (χ3v) is 4.27. The van der Waals surface area contributed by atoms with E-state index in [0.29, 0.717) is 5.69 Å². The second-order valence-electron chi connectivity index (χ2n) is 5.56. The Bertz CT molecular complexity index is 872. The number of nitrogens with one attached hydrogen (secondary N) is 1. The highest BCUT2D eigenvalue weighted by Gasteiger charge is 2.21. The number of para-hydroxylation sites is 1. The molecule has 0 aromatic heterocycles. The maximum atomic E-state index is 12.5. The van der Waals surface area contributed by atoms with Gasteiger partial charge >= 0.3 is 5.69 Å². The number of nitro groups is 1. The molecule has 0 bridgehead atoms. The molecule has 142 valence electrons. The number of anilines is 1. The van der Waals surface area contributed by atoms with Gasteiger partial charge in [-0.05, 0) is 47.1 Å². The summed E-state index contributed by atoms with van der Waals surface area (Å²) in [5.41, 5.74) is 0.384. The van der Waals surface area contributed by atoms with E-state index in [4.69, 9.17) is 4.74 Å². The Morgan fingerprint density at radius 1 is 1.26 bits per heavy atom. The summed E-state index contributed by atoms with van der Waals surface area (Å²) in [6.07, 6.45) is 0. The minimum absolute atomic E-state index is 0.0911. The predicted molar refractivity (Wildman–Crippen MR) is 104 cm³/mol. The van der Waals surface area contributed by atoms with Gasteiger partial charge in [-0.3, -0.25) is 19.7 Å². The smallest absolute Gasteiger partial charge is 0.311 e. The Morgan fingerprint density at radius 3 is 2.59 bits per heavy atom. The Balaban J connectivity index is 2.10. The van der Waals surface area contributed by atoms with E-state index in [1.54, 1.807) is 25.1 Å². The number of carbonyl (C=O) groups excluding carboxylic acids is 2. The number of ether oxygens (including phenoxy) is 1. The molecule has 0 heterocycles. The number of halogens is 1. The third kappa shape index (κ3) is 5.27. The molecule has 0 radical (unpaired) electrons. The maximum absolute atomic E-state index is 12.5. The van der Waals surface area contributed by atoms with E-state index in [0.717, 1.165) is 10.5 Å². The number of likely N-dealkylation sites (N-methyl/N-ethyl adjacent to an activating group) is 1. The second kappa shape index (κ2) is 9.13. The monoisotopic (exact) mass is 435 g/mol. The Hall–Kier alpha value is -2.94. The summed E-state index contributed by atoms with van der Waals surface area (Å²) >= 11 is 3.33. The molecule has 27 heavy (non-hydrogen) atoms. The van der Waals surface area contributed by atoms with Crippen LogP contribution in [0.25, 0.3) is 0 Å². The van der Waals surface area contributed by atoms with Crippen LogP contribution in [-0.2, 0) is 4.79 Å². The molecule has 2 aromatic rings. The molecule has 9 heteroatoms. The van der Waals surface area contributed by atoms with Crippen molar-refractivity contribution in [1.82, 2.24) is 4.90 Å². The van der Waals surface area contributed by atoms with Crippen LogP contribution < -0.4 is 10.1 Å². The van der Waals surface area contributed by atoms with Crippen molar-refractivity contribution in [2.75, 3.05) is 25.5 Å². The van der Waals surface area contributed by atoms with E-state index in [9.17, 15) is 19.7 Å². The normalized spacial score (nSPS) is 10.2. The average molecular weight is 436 g/mol. The molecule has 0 unspecified atom stereocenters. The van der Waals surface area contributed by atoms with Gasteiger partial charge in [0, 0.05) is 23.2 Å². The van der Waals surface area contributed by atoms with Crippen LogP contribution in [0.15, 0.2) is 46.9 Å². The predicted octanol–water partition coefficient (Wildman–Crippen LogP) is 3.47. The number of rotatable bonds is 7. The third-order valence-electron chi connectivity index (χ3n) is 3.58. The highest BCUT2D eigenvalue weighted by Crippen LogP contribution is 2.28. The molecule has 0 saturated heterocycles. The summed E-state index contributed by atoms with van der Waals surface area (Å²) in [5, 5.41) is 13.9. The summed E-state index contributed by atoms with van der Waals surface area (Å²) in [5.74, 6) is -0.810. The number of nitro benzene ring substituents is 1. The number of benzene rings is 2.